The molecule has 1 fully saturated rings. The lowest BCUT2D eigenvalue weighted by Gasteiger charge is -2.29. The van der Waals surface area contributed by atoms with Crippen molar-refractivity contribution in [3.8, 4) is 0 Å². The van der Waals surface area contributed by atoms with Crippen molar-refractivity contribution >= 4 is 5.91 Å². The average Bonchev–Trinajstić information content (AvgIpc) is 2.40. The maximum absolute atomic E-state index is 11.6. The first-order chi connectivity index (χ1) is 9.19. The number of nitrogens with zero attached hydrogens (tertiary/aromatic N) is 3. The third-order valence-corrected chi connectivity index (χ3v) is 3.50. The van der Waals surface area contributed by atoms with E-state index in [1.807, 2.05) is 6.92 Å². The molecule has 1 aliphatic heterocycles. The van der Waals surface area contributed by atoms with Crippen LogP contribution in [-0.2, 0) is 6.42 Å². The molecule has 104 valence electrons. The molecule has 2 heterocycles. The Morgan fingerprint density at radius 1 is 1.47 bits per heavy atom. The summed E-state index contributed by atoms with van der Waals surface area (Å²) in [5.74, 6) is 0.502. The van der Waals surface area contributed by atoms with Gasteiger partial charge in [0.25, 0.3) is 5.91 Å². The van der Waals surface area contributed by atoms with Crippen LogP contribution in [0.5, 0.6) is 0 Å². The molecule has 5 nitrogen and oxygen atoms in total. The summed E-state index contributed by atoms with van der Waals surface area (Å²) in [6, 6.07) is 0. The Morgan fingerprint density at radius 3 is 2.95 bits per heavy atom. The molecule has 0 spiro atoms. The van der Waals surface area contributed by atoms with E-state index in [9.17, 15) is 4.79 Å². The number of nitrogens with one attached hydrogen (secondary N) is 1. The van der Waals surface area contributed by atoms with Gasteiger partial charge in [0.1, 0.15) is 5.69 Å². The van der Waals surface area contributed by atoms with Crippen LogP contribution >= 0.6 is 0 Å². The smallest absolute Gasteiger partial charge is 0.271 e. The van der Waals surface area contributed by atoms with Crippen molar-refractivity contribution in [2.24, 2.45) is 5.92 Å². The first kappa shape index (κ1) is 13.9. The maximum Gasteiger partial charge on any atom is 0.271 e. The van der Waals surface area contributed by atoms with Gasteiger partial charge in [-0.25, -0.2) is 4.98 Å². The molecule has 0 aromatic carbocycles. The Morgan fingerprint density at radius 2 is 2.32 bits per heavy atom. The highest BCUT2D eigenvalue weighted by atomic mass is 16.1. The quantitative estimate of drug-likeness (QED) is 0.883. The average molecular weight is 262 g/mol. The molecule has 0 saturated carbocycles. The fraction of sp³-hybridized carbons (Fsp3) is 0.643. The number of aromatic nitrogens is 2. The van der Waals surface area contributed by atoms with Gasteiger partial charge < -0.3 is 10.2 Å². The van der Waals surface area contributed by atoms with Gasteiger partial charge in [-0.05, 0) is 45.7 Å². The summed E-state index contributed by atoms with van der Waals surface area (Å²) in [7, 11) is 2.16. The topological polar surface area (TPSA) is 58.1 Å². The number of amides is 1. The summed E-state index contributed by atoms with van der Waals surface area (Å²) >= 11 is 0. The summed E-state index contributed by atoms with van der Waals surface area (Å²) in [5, 5.41) is 2.72. The maximum atomic E-state index is 11.6. The zero-order valence-electron chi connectivity index (χ0n) is 11.7. The largest absolute Gasteiger partial charge is 0.351 e. The van der Waals surface area contributed by atoms with Crippen LogP contribution in [0.2, 0.25) is 0 Å². The zero-order valence-corrected chi connectivity index (χ0v) is 11.7. The van der Waals surface area contributed by atoms with Crippen molar-refractivity contribution in [2.75, 3.05) is 26.7 Å². The standard InChI is InChI=1S/C14H22N4O/c1-3-15-14(19)13-9-16-12(8-17-13)7-11-5-4-6-18(2)10-11/h8-9,11H,3-7,10H2,1-2H3,(H,15,19)/t11-/m0/s1. The van der Waals surface area contributed by atoms with Crippen molar-refractivity contribution in [3.63, 3.8) is 0 Å². The minimum absolute atomic E-state index is 0.154. The number of hydrogen-bond donors (Lipinski definition) is 1. The molecule has 2 rings (SSSR count). The van der Waals surface area contributed by atoms with Crippen LogP contribution in [0.25, 0.3) is 0 Å². The third kappa shape index (κ3) is 3.99. The number of hydrogen-bond acceptors (Lipinski definition) is 4. The second-order valence-electron chi connectivity index (χ2n) is 5.23. The molecular formula is C14H22N4O. The Labute approximate surface area is 114 Å². The molecule has 19 heavy (non-hydrogen) atoms. The Hall–Kier alpha value is -1.49. The van der Waals surface area contributed by atoms with Crippen LogP contribution in [0.4, 0.5) is 0 Å². The van der Waals surface area contributed by atoms with Gasteiger partial charge in [-0.15, -0.1) is 0 Å². The molecule has 1 aliphatic rings. The van der Waals surface area contributed by atoms with E-state index in [0.29, 0.717) is 18.2 Å². The number of carbonyl (C=O) groups is 1. The second kappa shape index (κ2) is 6.61. The molecule has 1 amide bonds. The van der Waals surface area contributed by atoms with E-state index >= 15 is 0 Å². The van der Waals surface area contributed by atoms with Crippen LogP contribution in [0.3, 0.4) is 0 Å². The molecule has 1 aromatic heterocycles. The fourth-order valence-electron chi connectivity index (χ4n) is 2.56. The minimum Gasteiger partial charge on any atom is -0.351 e. The summed E-state index contributed by atoms with van der Waals surface area (Å²) in [6.07, 6.45) is 6.77. The highest BCUT2D eigenvalue weighted by Crippen LogP contribution is 2.18. The summed E-state index contributed by atoms with van der Waals surface area (Å²) in [4.78, 5) is 22.5. The van der Waals surface area contributed by atoms with E-state index in [1.54, 1.807) is 12.4 Å². The fourth-order valence-corrected chi connectivity index (χ4v) is 2.56. The van der Waals surface area contributed by atoms with Gasteiger partial charge in [0.2, 0.25) is 0 Å². The van der Waals surface area contributed by atoms with Crippen molar-refractivity contribution in [1.82, 2.24) is 20.2 Å². The molecule has 0 aliphatic carbocycles. The van der Waals surface area contributed by atoms with Crippen LogP contribution in [-0.4, -0.2) is 47.5 Å². The highest BCUT2D eigenvalue weighted by molar-refractivity contribution is 5.91. The van der Waals surface area contributed by atoms with Gasteiger partial charge in [-0.2, -0.15) is 0 Å². The van der Waals surface area contributed by atoms with Gasteiger partial charge in [0, 0.05) is 19.3 Å². The zero-order chi connectivity index (χ0) is 13.7. The minimum atomic E-state index is -0.154. The first-order valence-electron chi connectivity index (χ1n) is 6.96. The SMILES string of the molecule is CCNC(=O)c1cnc(C[C@@H]2CCCN(C)C2)cn1. The normalized spacial score (nSPS) is 20.2. The van der Waals surface area contributed by atoms with E-state index < -0.39 is 0 Å². The van der Waals surface area contributed by atoms with Crippen molar-refractivity contribution in [1.29, 1.82) is 0 Å². The number of piperidine rings is 1. The molecular weight excluding hydrogens is 240 g/mol. The molecule has 5 heteroatoms. The van der Waals surface area contributed by atoms with Crippen LogP contribution < -0.4 is 5.32 Å². The second-order valence-corrected chi connectivity index (χ2v) is 5.23. The molecule has 0 radical (unpaired) electrons. The Bertz CT molecular complexity index is 418. The Balaban J connectivity index is 1.93. The van der Waals surface area contributed by atoms with Gasteiger partial charge in [-0.3, -0.25) is 9.78 Å². The van der Waals surface area contributed by atoms with Crippen LogP contribution in [0.15, 0.2) is 12.4 Å². The predicted molar refractivity (Wildman–Crippen MR) is 74.0 cm³/mol. The predicted octanol–water partition coefficient (Wildman–Crippen LogP) is 1.11. The monoisotopic (exact) mass is 262 g/mol. The number of likely N-dealkylation sites (tertiary alicyclic amines) is 1. The molecule has 1 saturated heterocycles. The first-order valence-corrected chi connectivity index (χ1v) is 6.96. The lowest BCUT2D eigenvalue weighted by molar-refractivity contribution is 0.0950. The van der Waals surface area contributed by atoms with Gasteiger partial charge >= 0.3 is 0 Å². The molecule has 1 aromatic rings. The van der Waals surface area contributed by atoms with E-state index in [2.05, 4.69) is 27.2 Å². The summed E-state index contributed by atoms with van der Waals surface area (Å²) in [6.45, 7) is 4.81. The highest BCUT2D eigenvalue weighted by Gasteiger charge is 2.18. The lowest BCUT2D eigenvalue weighted by Crippen LogP contribution is -2.33. The van der Waals surface area contributed by atoms with Crippen LogP contribution in [0, 0.1) is 5.92 Å². The number of rotatable bonds is 4. The molecule has 0 unspecified atom stereocenters. The van der Waals surface area contributed by atoms with E-state index in [-0.39, 0.29) is 5.91 Å². The van der Waals surface area contributed by atoms with E-state index in [1.165, 1.54) is 19.4 Å². The van der Waals surface area contributed by atoms with Gasteiger partial charge in [0.05, 0.1) is 11.9 Å². The summed E-state index contributed by atoms with van der Waals surface area (Å²) in [5.41, 5.74) is 1.37. The third-order valence-electron chi connectivity index (χ3n) is 3.50. The van der Waals surface area contributed by atoms with Crippen molar-refractivity contribution in [2.45, 2.75) is 26.2 Å². The Kier molecular flexibility index (Phi) is 4.85. The molecule has 1 atom stereocenters. The van der Waals surface area contributed by atoms with Crippen molar-refractivity contribution < 1.29 is 4.79 Å². The van der Waals surface area contributed by atoms with Gasteiger partial charge in [0.15, 0.2) is 0 Å². The molecule has 1 N–H and O–H groups in total. The van der Waals surface area contributed by atoms with E-state index in [4.69, 9.17) is 0 Å². The van der Waals surface area contributed by atoms with Crippen LogP contribution in [0.1, 0.15) is 35.9 Å². The van der Waals surface area contributed by atoms with E-state index in [0.717, 1.165) is 18.7 Å². The molecule has 0 bridgehead atoms. The number of carbonyl (C=O) groups excluding carboxylic acids is 1. The lowest BCUT2D eigenvalue weighted by atomic mass is 9.94. The van der Waals surface area contributed by atoms with Crippen molar-refractivity contribution in [3.05, 3.63) is 23.8 Å². The summed E-state index contributed by atoms with van der Waals surface area (Å²) < 4.78 is 0. The van der Waals surface area contributed by atoms with Gasteiger partial charge in [-0.1, -0.05) is 0 Å².